The standard InChI is InChI=1S/C37H62O28/c1-50-20-13(10-40)59-35(28(54-5)21(20)51-2)63-25-23(53-4)30(56-7)37(65-27(25)32(47)48)61-19-12(9-39)58-34(17(44)15(19)42)62-24-22(52-3)29(55-6)36(64-26(24)31(45)46)60-18-11(8-38)57-33(49)16(43)14(18)41/h11-30,33-44,49H,8-10H2,1-7H3,(H,45,46)(H,47,48)/t11?,12-,13?,14-,15-,16-,17-,18-,19-,20-,21+,22+,23+,24+,25?,26-,27+,28-,29-,30-,33+,34-,35-,36-,37-/m1/s1. The zero-order valence-electron chi connectivity index (χ0n) is 36.4. The summed E-state index contributed by atoms with van der Waals surface area (Å²) < 4.78 is 91.4. The molecule has 5 heterocycles. The summed E-state index contributed by atoms with van der Waals surface area (Å²) in [5, 5.41) is 105. The lowest BCUT2D eigenvalue weighted by molar-refractivity contribution is -0.391. The predicted octanol–water partition coefficient (Wildman–Crippen LogP) is -7.16. The second-order valence-corrected chi connectivity index (χ2v) is 15.5. The first-order valence-electron chi connectivity index (χ1n) is 20.3. The number of carboxylic acid groups (broad SMARTS) is 2. The first-order valence-corrected chi connectivity index (χ1v) is 20.3. The lowest BCUT2D eigenvalue weighted by Gasteiger charge is -2.50. The molecule has 0 aromatic heterocycles. The van der Waals surface area contributed by atoms with Crippen molar-refractivity contribution in [3.8, 4) is 0 Å². The molecule has 5 saturated heterocycles. The molecule has 0 radical (unpaired) electrons. The molecule has 0 aliphatic carbocycles. The third-order valence-electron chi connectivity index (χ3n) is 12.0. The Morgan fingerprint density at radius 2 is 0.677 bits per heavy atom. The van der Waals surface area contributed by atoms with Gasteiger partial charge >= 0.3 is 11.9 Å². The van der Waals surface area contributed by atoms with Gasteiger partial charge < -0.3 is 127 Å². The first-order chi connectivity index (χ1) is 31.0. The Hall–Kier alpha value is -2.02. The topological polar surface area (TPSA) is 384 Å². The van der Waals surface area contributed by atoms with Gasteiger partial charge in [-0.25, -0.2) is 9.59 Å². The molecule has 65 heavy (non-hydrogen) atoms. The monoisotopic (exact) mass is 954 g/mol. The number of methoxy groups -OCH3 is 7. The average molecular weight is 955 g/mol. The van der Waals surface area contributed by atoms with Crippen molar-refractivity contribution in [2.75, 3.05) is 69.6 Å². The van der Waals surface area contributed by atoms with Crippen LogP contribution in [-0.4, -0.2) is 286 Å². The van der Waals surface area contributed by atoms with Crippen molar-refractivity contribution in [1.29, 1.82) is 0 Å². The summed E-state index contributed by atoms with van der Waals surface area (Å²) in [6, 6.07) is 0. The number of carboxylic acids is 2. The Bertz CT molecular complexity index is 1480. The van der Waals surface area contributed by atoms with E-state index in [0.29, 0.717) is 0 Å². The van der Waals surface area contributed by atoms with Gasteiger partial charge in [0.2, 0.25) is 0 Å². The number of aliphatic carboxylic acids is 2. The zero-order chi connectivity index (χ0) is 48.0. The summed E-state index contributed by atoms with van der Waals surface area (Å²) in [5.74, 6) is -3.26. The van der Waals surface area contributed by atoms with Crippen LogP contribution in [0.4, 0.5) is 0 Å². The molecule has 28 heteroatoms. The Kier molecular flexibility index (Phi) is 19.9. The maximum absolute atomic E-state index is 12.8. The normalized spacial score (nSPS) is 47.3. The van der Waals surface area contributed by atoms with Crippen molar-refractivity contribution in [3.05, 3.63) is 0 Å². The fourth-order valence-corrected chi connectivity index (χ4v) is 8.69. The third kappa shape index (κ3) is 11.1. The number of aliphatic hydroxyl groups excluding tert-OH is 8. The van der Waals surface area contributed by atoms with Crippen LogP contribution in [0.5, 0.6) is 0 Å². The van der Waals surface area contributed by atoms with Gasteiger partial charge in [-0.05, 0) is 0 Å². The minimum Gasteiger partial charge on any atom is -0.479 e. The molecule has 5 fully saturated rings. The van der Waals surface area contributed by atoms with E-state index >= 15 is 0 Å². The molecular weight excluding hydrogens is 892 g/mol. The SMILES string of the molecule is CO[C@@H]1[C@@H](OC)[C@H](O[C@@H]2C(CO)O[C@H](O)[C@H](O)[C@H]2O)O[C@@H](C(=O)O)[C@H]1O[C@H]1O[C@H](CO)[C@@H](O[C@@H]2O[C@H](C(=O)O)C(O[C@H]3OC(CO)[C@@H](OC)[C@H](OC)[C@H]3OC)[C@H](OC)[C@H]2OC)[C@H](O)[C@H]1O. The molecule has 5 rings (SSSR count). The molecule has 5 aliphatic heterocycles. The zero-order valence-corrected chi connectivity index (χ0v) is 36.4. The van der Waals surface area contributed by atoms with Crippen molar-refractivity contribution < 1.29 is 136 Å². The Morgan fingerprint density at radius 1 is 0.369 bits per heavy atom. The first kappa shape index (κ1) is 53.9. The van der Waals surface area contributed by atoms with Gasteiger partial charge in [-0.1, -0.05) is 0 Å². The molecule has 10 N–H and O–H groups in total. The van der Waals surface area contributed by atoms with Crippen LogP contribution in [0.25, 0.3) is 0 Å². The Balaban J connectivity index is 1.34. The highest BCUT2D eigenvalue weighted by Crippen LogP contribution is 2.38. The number of carbonyl (C=O) groups is 2. The molecule has 3 unspecified atom stereocenters. The number of rotatable bonds is 20. The molecule has 0 aromatic rings. The van der Waals surface area contributed by atoms with Gasteiger partial charge in [0, 0.05) is 49.8 Å². The minimum atomic E-state index is -2.11. The fourth-order valence-electron chi connectivity index (χ4n) is 8.69. The van der Waals surface area contributed by atoms with Crippen molar-refractivity contribution in [2.45, 2.75) is 154 Å². The van der Waals surface area contributed by atoms with Gasteiger partial charge in [-0.15, -0.1) is 0 Å². The third-order valence-corrected chi connectivity index (χ3v) is 12.0. The van der Waals surface area contributed by atoms with Crippen molar-refractivity contribution in [2.24, 2.45) is 0 Å². The molecule has 0 amide bonds. The summed E-state index contributed by atoms with van der Waals surface area (Å²) in [6.45, 7) is -2.31. The molecular formula is C37H62O28. The number of aliphatic hydroxyl groups is 8. The van der Waals surface area contributed by atoms with E-state index < -0.39 is 185 Å². The van der Waals surface area contributed by atoms with Crippen LogP contribution in [0.1, 0.15) is 0 Å². The lowest BCUT2D eigenvalue weighted by Crippen LogP contribution is -2.69. The van der Waals surface area contributed by atoms with E-state index in [1.54, 1.807) is 0 Å². The maximum Gasteiger partial charge on any atom is 0.335 e. The van der Waals surface area contributed by atoms with E-state index in [4.69, 9.17) is 75.8 Å². The highest BCUT2D eigenvalue weighted by Gasteiger charge is 2.59. The van der Waals surface area contributed by atoms with E-state index in [1.165, 1.54) is 35.5 Å². The Morgan fingerprint density at radius 3 is 1.06 bits per heavy atom. The minimum absolute atomic E-state index is 0.545. The van der Waals surface area contributed by atoms with Gasteiger partial charge in [0.1, 0.15) is 110 Å². The van der Waals surface area contributed by atoms with Crippen LogP contribution < -0.4 is 0 Å². The maximum atomic E-state index is 12.8. The second-order valence-electron chi connectivity index (χ2n) is 15.5. The summed E-state index contributed by atoms with van der Waals surface area (Å²) in [7, 11) is 8.77. The van der Waals surface area contributed by atoms with Crippen molar-refractivity contribution >= 4 is 11.9 Å². The molecule has 378 valence electrons. The number of hydrogen-bond acceptors (Lipinski definition) is 26. The Labute approximate surface area is 371 Å². The van der Waals surface area contributed by atoms with Gasteiger partial charge in [0.25, 0.3) is 0 Å². The molecule has 0 aromatic carbocycles. The average Bonchev–Trinajstić information content (AvgIpc) is 3.30. The second kappa shape index (κ2) is 24.0. The van der Waals surface area contributed by atoms with Crippen LogP contribution in [0.15, 0.2) is 0 Å². The van der Waals surface area contributed by atoms with E-state index in [9.17, 15) is 60.7 Å². The summed E-state index contributed by atoms with van der Waals surface area (Å²) in [4.78, 5) is 25.5. The smallest absolute Gasteiger partial charge is 0.335 e. The van der Waals surface area contributed by atoms with Crippen molar-refractivity contribution in [3.63, 3.8) is 0 Å². The molecule has 0 saturated carbocycles. The largest absolute Gasteiger partial charge is 0.479 e. The highest BCUT2D eigenvalue weighted by atomic mass is 16.8. The lowest BCUT2D eigenvalue weighted by atomic mass is 9.94. The number of hydrogen-bond donors (Lipinski definition) is 10. The van der Waals surface area contributed by atoms with Gasteiger partial charge in [0.05, 0.1) is 19.8 Å². The van der Waals surface area contributed by atoms with E-state index in [0.717, 1.165) is 14.2 Å². The van der Waals surface area contributed by atoms with Crippen LogP contribution in [0.2, 0.25) is 0 Å². The summed E-state index contributed by atoms with van der Waals surface area (Å²) in [5.41, 5.74) is 0. The molecule has 28 nitrogen and oxygen atoms in total. The predicted molar refractivity (Wildman–Crippen MR) is 201 cm³/mol. The molecule has 0 bridgehead atoms. The van der Waals surface area contributed by atoms with Gasteiger partial charge in [-0.2, -0.15) is 0 Å². The number of ether oxygens (including phenoxy) is 16. The van der Waals surface area contributed by atoms with Crippen LogP contribution in [-0.2, 0) is 85.4 Å². The van der Waals surface area contributed by atoms with E-state index in [2.05, 4.69) is 0 Å². The van der Waals surface area contributed by atoms with Gasteiger partial charge in [-0.3, -0.25) is 0 Å². The molecule has 0 spiro atoms. The van der Waals surface area contributed by atoms with Crippen LogP contribution in [0, 0.1) is 0 Å². The van der Waals surface area contributed by atoms with Crippen LogP contribution in [0.3, 0.4) is 0 Å². The highest BCUT2D eigenvalue weighted by molar-refractivity contribution is 5.74. The molecule has 5 aliphatic rings. The van der Waals surface area contributed by atoms with Crippen LogP contribution >= 0.6 is 0 Å². The van der Waals surface area contributed by atoms with Crippen molar-refractivity contribution in [1.82, 2.24) is 0 Å². The quantitative estimate of drug-likeness (QED) is 0.0542. The van der Waals surface area contributed by atoms with E-state index in [-0.39, 0.29) is 0 Å². The van der Waals surface area contributed by atoms with Gasteiger partial charge in [0.15, 0.2) is 43.7 Å². The molecule has 25 atom stereocenters. The fraction of sp³-hybridized carbons (Fsp3) is 0.946. The van der Waals surface area contributed by atoms with E-state index in [1.807, 2.05) is 0 Å². The summed E-state index contributed by atoms with van der Waals surface area (Å²) in [6.07, 6.45) is -39.7. The summed E-state index contributed by atoms with van der Waals surface area (Å²) >= 11 is 0.